The van der Waals surface area contributed by atoms with Gasteiger partial charge in [-0.3, -0.25) is 4.40 Å². The second kappa shape index (κ2) is 5.32. The van der Waals surface area contributed by atoms with E-state index in [0.29, 0.717) is 5.52 Å². The molecule has 0 aliphatic carbocycles. The van der Waals surface area contributed by atoms with Crippen LogP contribution in [0.5, 0.6) is 0 Å². The number of halogens is 2. The molecule has 1 aliphatic rings. The number of likely N-dealkylation sites (N-methyl/N-ethyl adjacent to an activating group) is 1. The van der Waals surface area contributed by atoms with Crippen molar-refractivity contribution in [3.63, 3.8) is 0 Å². The van der Waals surface area contributed by atoms with E-state index in [1.54, 1.807) is 6.07 Å². The zero-order valence-corrected chi connectivity index (χ0v) is 13.8. The van der Waals surface area contributed by atoms with Gasteiger partial charge in [-0.25, -0.2) is 14.4 Å². The average molecular weight is 334 g/mol. The molecule has 1 fully saturated rings. The molecule has 2 aromatic heterocycles. The van der Waals surface area contributed by atoms with Gasteiger partial charge in [0.2, 0.25) is 0 Å². The predicted octanol–water partition coefficient (Wildman–Crippen LogP) is 2.74. The summed E-state index contributed by atoms with van der Waals surface area (Å²) < 4.78 is 15.8. The summed E-state index contributed by atoms with van der Waals surface area (Å²) in [6.07, 6.45) is 1.94. The van der Waals surface area contributed by atoms with Crippen LogP contribution in [0.3, 0.4) is 0 Å². The van der Waals surface area contributed by atoms with E-state index in [1.807, 2.05) is 17.5 Å². The van der Waals surface area contributed by atoms with Gasteiger partial charge in [0.25, 0.3) is 0 Å². The number of rotatable bonds is 1. The molecule has 3 heterocycles. The Balaban J connectivity index is 1.97. The maximum absolute atomic E-state index is 13.9. The van der Waals surface area contributed by atoms with Crippen molar-refractivity contribution in [3.8, 4) is 0 Å². The highest BCUT2D eigenvalue weighted by molar-refractivity contribution is 6.31. The molecule has 1 aromatic carbocycles. The molecule has 0 radical (unpaired) electrons. The molecule has 0 saturated carbocycles. The van der Waals surface area contributed by atoms with Crippen LogP contribution in [0.15, 0.2) is 18.3 Å². The molecule has 0 amide bonds. The smallest absolute Gasteiger partial charge is 0.181 e. The summed E-state index contributed by atoms with van der Waals surface area (Å²) in [6, 6.07) is 3.01. The summed E-state index contributed by atoms with van der Waals surface area (Å²) in [5.41, 5.74) is 3.05. The Morgan fingerprint density at radius 1 is 1.13 bits per heavy atom. The molecule has 0 spiro atoms. The topological polar surface area (TPSA) is 36.7 Å². The number of nitrogens with zero attached hydrogens (tertiary/aromatic N) is 5. The molecular formula is C16H17ClFN5. The summed E-state index contributed by atoms with van der Waals surface area (Å²) in [6.45, 7) is 5.65. The van der Waals surface area contributed by atoms with Gasteiger partial charge in [0, 0.05) is 38.4 Å². The van der Waals surface area contributed by atoms with Gasteiger partial charge in [0.15, 0.2) is 11.5 Å². The highest BCUT2D eigenvalue weighted by Gasteiger charge is 2.21. The fourth-order valence-electron chi connectivity index (χ4n) is 3.04. The fourth-order valence-corrected chi connectivity index (χ4v) is 3.20. The van der Waals surface area contributed by atoms with Crippen LogP contribution in [0.1, 0.15) is 5.69 Å². The van der Waals surface area contributed by atoms with Crippen molar-refractivity contribution in [2.24, 2.45) is 0 Å². The van der Waals surface area contributed by atoms with E-state index in [4.69, 9.17) is 16.6 Å². The van der Waals surface area contributed by atoms with Crippen LogP contribution in [-0.4, -0.2) is 52.5 Å². The van der Waals surface area contributed by atoms with Gasteiger partial charge in [0.05, 0.1) is 21.7 Å². The first-order chi connectivity index (χ1) is 11.0. The van der Waals surface area contributed by atoms with E-state index >= 15 is 0 Å². The predicted molar refractivity (Wildman–Crippen MR) is 89.9 cm³/mol. The van der Waals surface area contributed by atoms with Crippen LogP contribution < -0.4 is 4.90 Å². The Labute approximate surface area is 138 Å². The lowest BCUT2D eigenvalue weighted by Crippen LogP contribution is -2.45. The fraction of sp³-hybridized carbons (Fsp3) is 0.375. The van der Waals surface area contributed by atoms with Crippen molar-refractivity contribution in [2.75, 3.05) is 38.1 Å². The first kappa shape index (κ1) is 14.7. The van der Waals surface area contributed by atoms with Crippen molar-refractivity contribution in [1.82, 2.24) is 19.3 Å². The largest absolute Gasteiger partial charge is 0.351 e. The zero-order valence-electron chi connectivity index (χ0n) is 13.1. The van der Waals surface area contributed by atoms with Gasteiger partial charge < -0.3 is 9.80 Å². The van der Waals surface area contributed by atoms with E-state index < -0.39 is 5.82 Å². The van der Waals surface area contributed by atoms with Crippen LogP contribution >= 0.6 is 11.6 Å². The van der Waals surface area contributed by atoms with Crippen molar-refractivity contribution < 1.29 is 4.39 Å². The number of anilines is 1. The molecule has 3 aromatic rings. The number of aryl methyl sites for hydroxylation is 1. The lowest BCUT2D eigenvalue weighted by Gasteiger charge is -2.33. The van der Waals surface area contributed by atoms with Gasteiger partial charge in [-0.2, -0.15) is 0 Å². The molecule has 0 bridgehead atoms. The van der Waals surface area contributed by atoms with Crippen molar-refractivity contribution in [2.45, 2.75) is 6.92 Å². The van der Waals surface area contributed by atoms with Crippen molar-refractivity contribution in [1.29, 1.82) is 0 Å². The van der Waals surface area contributed by atoms with Crippen molar-refractivity contribution >= 4 is 34.1 Å². The Bertz CT molecular complexity index is 898. The molecule has 7 heteroatoms. The number of aromatic nitrogens is 3. The molecule has 0 N–H and O–H groups in total. The third kappa shape index (κ3) is 2.42. The third-order valence-corrected chi connectivity index (χ3v) is 4.62. The van der Waals surface area contributed by atoms with Gasteiger partial charge in [-0.1, -0.05) is 11.6 Å². The lowest BCUT2D eigenvalue weighted by atomic mass is 10.2. The normalized spacial score (nSPS) is 16.6. The standard InChI is InChI=1S/C16H17ClFN5/c1-10-9-23-14-7-11(17)12(18)8-13(14)20-15(16(23)19-10)22-5-3-21(2)4-6-22/h7-9H,3-6H2,1-2H3. The van der Waals surface area contributed by atoms with Gasteiger partial charge in [-0.05, 0) is 20.0 Å². The van der Waals surface area contributed by atoms with Gasteiger partial charge in [0.1, 0.15) is 5.82 Å². The second-order valence-corrected chi connectivity index (χ2v) is 6.46. The van der Waals surface area contributed by atoms with E-state index in [-0.39, 0.29) is 5.02 Å². The molecule has 0 unspecified atom stereocenters. The number of piperazine rings is 1. The number of benzene rings is 1. The summed E-state index contributed by atoms with van der Waals surface area (Å²) in [5, 5.41) is 0.0966. The molecule has 23 heavy (non-hydrogen) atoms. The molecule has 0 atom stereocenters. The average Bonchev–Trinajstić information content (AvgIpc) is 2.91. The molecule has 120 valence electrons. The van der Waals surface area contributed by atoms with Crippen LogP contribution in [0, 0.1) is 12.7 Å². The SMILES string of the molecule is Cc1cn2c(n1)c(N1CCN(C)CC1)nc1cc(F)c(Cl)cc12. The molecule has 4 rings (SSSR count). The van der Waals surface area contributed by atoms with Crippen LogP contribution in [0.4, 0.5) is 10.2 Å². The zero-order chi connectivity index (χ0) is 16.1. The lowest BCUT2D eigenvalue weighted by molar-refractivity contribution is 0.312. The number of fused-ring (bicyclic) bond motifs is 3. The minimum Gasteiger partial charge on any atom is -0.351 e. The minimum absolute atomic E-state index is 0.0966. The first-order valence-corrected chi connectivity index (χ1v) is 7.98. The molecule has 1 saturated heterocycles. The maximum atomic E-state index is 13.9. The molecule has 1 aliphatic heterocycles. The highest BCUT2D eigenvalue weighted by Crippen LogP contribution is 2.28. The Hall–Kier alpha value is -1.92. The summed E-state index contributed by atoms with van der Waals surface area (Å²) >= 11 is 5.95. The van der Waals surface area contributed by atoms with E-state index in [0.717, 1.165) is 48.9 Å². The van der Waals surface area contributed by atoms with Crippen LogP contribution in [-0.2, 0) is 0 Å². The van der Waals surface area contributed by atoms with Crippen LogP contribution in [0.25, 0.3) is 16.7 Å². The van der Waals surface area contributed by atoms with Gasteiger partial charge >= 0.3 is 0 Å². The quantitative estimate of drug-likeness (QED) is 0.686. The molecular weight excluding hydrogens is 317 g/mol. The Kier molecular flexibility index (Phi) is 3.39. The Morgan fingerprint density at radius 3 is 2.61 bits per heavy atom. The summed E-state index contributed by atoms with van der Waals surface area (Å²) in [7, 11) is 2.11. The number of imidazole rings is 1. The minimum atomic E-state index is -0.452. The summed E-state index contributed by atoms with van der Waals surface area (Å²) in [5.74, 6) is 0.354. The summed E-state index contributed by atoms with van der Waals surface area (Å²) in [4.78, 5) is 13.8. The number of hydrogen-bond donors (Lipinski definition) is 0. The van der Waals surface area contributed by atoms with Crippen LogP contribution in [0.2, 0.25) is 5.02 Å². The van der Waals surface area contributed by atoms with E-state index in [2.05, 4.69) is 21.8 Å². The number of hydrogen-bond acceptors (Lipinski definition) is 4. The van der Waals surface area contributed by atoms with Crippen molar-refractivity contribution in [3.05, 3.63) is 34.9 Å². The molecule has 5 nitrogen and oxygen atoms in total. The third-order valence-electron chi connectivity index (χ3n) is 4.33. The second-order valence-electron chi connectivity index (χ2n) is 6.06. The maximum Gasteiger partial charge on any atom is 0.181 e. The van der Waals surface area contributed by atoms with Gasteiger partial charge in [-0.15, -0.1) is 0 Å². The Morgan fingerprint density at radius 2 is 1.87 bits per heavy atom. The first-order valence-electron chi connectivity index (χ1n) is 7.61. The monoisotopic (exact) mass is 333 g/mol. The van der Waals surface area contributed by atoms with E-state index in [9.17, 15) is 4.39 Å². The highest BCUT2D eigenvalue weighted by atomic mass is 35.5. The van der Waals surface area contributed by atoms with E-state index in [1.165, 1.54) is 6.07 Å².